The van der Waals surface area contributed by atoms with E-state index < -0.39 is 0 Å². The summed E-state index contributed by atoms with van der Waals surface area (Å²) < 4.78 is 12.7. The molecule has 0 N–H and O–H groups in total. The molecule has 18 heavy (non-hydrogen) atoms. The molecule has 0 radical (unpaired) electrons. The van der Waals surface area contributed by atoms with Gasteiger partial charge in [-0.25, -0.2) is 4.39 Å². The Bertz CT molecular complexity index is 565. The van der Waals surface area contributed by atoms with Gasteiger partial charge in [0, 0.05) is 5.56 Å². The van der Waals surface area contributed by atoms with Crippen molar-refractivity contribution in [3.8, 4) is 0 Å². The third-order valence-corrected chi connectivity index (χ3v) is 2.63. The van der Waals surface area contributed by atoms with Crippen LogP contribution in [0.1, 0.15) is 21.5 Å². The van der Waals surface area contributed by atoms with Gasteiger partial charge in [0.1, 0.15) is 5.82 Å². The van der Waals surface area contributed by atoms with E-state index in [9.17, 15) is 9.18 Å². The van der Waals surface area contributed by atoms with Crippen LogP contribution in [0.3, 0.4) is 0 Å². The summed E-state index contributed by atoms with van der Waals surface area (Å²) >= 11 is 0. The van der Waals surface area contributed by atoms with Gasteiger partial charge in [-0.2, -0.15) is 0 Å². The monoisotopic (exact) mass is 240 g/mol. The maximum Gasteiger partial charge on any atom is 0.185 e. The SMILES string of the molecule is Cc1ccc(C(=O)/C=C/c2ccc(F)cc2)cc1. The zero-order valence-corrected chi connectivity index (χ0v) is 10.1. The molecule has 0 aromatic heterocycles. The first kappa shape index (κ1) is 12.2. The molecule has 0 unspecified atom stereocenters. The molecule has 2 aromatic carbocycles. The van der Waals surface area contributed by atoms with Crippen molar-refractivity contribution in [3.63, 3.8) is 0 Å². The van der Waals surface area contributed by atoms with E-state index >= 15 is 0 Å². The highest BCUT2D eigenvalue weighted by molar-refractivity contribution is 6.06. The highest BCUT2D eigenvalue weighted by Crippen LogP contribution is 2.08. The minimum absolute atomic E-state index is 0.0562. The molecule has 0 bridgehead atoms. The number of hydrogen-bond donors (Lipinski definition) is 0. The molecule has 0 aliphatic rings. The second kappa shape index (κ2) is 5.41. The third-order valence-electron chi connectivity index (χ3n) is 2.63. The molecule has 1 nitrogen and oxygen atoms in total. The molecule has 0 aliphatic heterocycles. The number of halogens is 1. The normalized spacial score (nSPS) is 10.8. The van der Waals surface area contributed by atoms with E-state index in [1.54, 1.807) is 30.3 Å². The van der Waals surface area contributed by atoms with Crippen LogP contribution in [0.25, 0.3) is 6.08 Å². The van der Waals surface area contributed by atoms with Crippen molar-refractivity contribution < 1.29 is 9.18 Å². The molecule has 0 atom stereocenters. The summed E-state index contributed by atoms with van der Waals surface area (Å²) in [6, 6.07) is 13.4. The molecule has 2 aromatic rings. The molecule has 0 spiro atoms. The van der Waals surface area contributed by atoms with Crippen LogP contribution in [-0.2, 0) is 0 Å². The molecular formula is C16H13FO. The van der Waals surface area contributed by atoms with Gasteiger partial charge < -0.3 is 0 Å². The zero-order chi connectivity index (χ0) is 13.0. The molecule has 2 heteroatoms. The second-order valence-corrected chi connectivity index (χ2v) is 4.12. The molecule has 0 saturated carbocycles. The van der Waals surface area contributed by atoms with Crippen molar-refractivity contribution in [1.82, 2.24) is 0 Å². The molecule has 0 saturated heterocycles. The minimum Gasteiger partial charge on any atom is -0.289 e. The van der Waals surface area contributed by atoms with Crippen LogP contribution >= 0.6 is 0 Å². The van der Waals surface area contributed by atoms with Gasteiger partial charge in [0.05, 0.1) is 0 Å². The van der Waals surface area contributed by atoms with Gasteiger partial charge in [0.15, 0.2) is 5.78 Å². The number of aryl methyl sites for hydroxylation is 1. The Hall–Kier alpha value is -2.22. The fourth-order valence-electron chi connectivity index (χ4n) is 1.56. The van der Waals surface area contributed by atoms with Crippen molar-refractivity contribution in [1.29, 1.82) is 0 Å². The fraction of sp³-hybridized carbons (Fsp3) is 0.0625. The third kappa shape index (κ3) is 3.14. The van der Waals surface area contributed by atoms with Gasteiger partial charge in [0.2, 0.25) is 0 Å². The van der Waals surface area contributed by atoms with E-state index in [-0.39, 0.29) is 11.6 Å². The van der Waals surface area contributed by atoms with E-state index in [0.29, 0.717) is 5.56 Å². The van der Waals surface area contributed by atoms with Crippen molar-refractivity contribution in [2.24, 2.45) is 0 Å². The van der Waals surface area contributed by atoms with Gasteiger partial charge in [-0.3, -0.25) is 4.79 Å². The number of allylic oxidation sites excluding steroid dienone is 1. The lowest BCUT2D eigenvalue weighted by Crippen LogP contribution is -1.93. The summed E-state index contributed by atoms with van der Waals surface area (Å²) in [6.07, 6.45) is 3.18. The van der Waals surface area contributed by atoms with Gasteiger partial charge in [0.25, 0.3) is 0 Å². The number of ketones is 1. The molecule has 0 amide bonds. The van der Waals surface area contributed by atoms with Crippen molar-refractivity contribution >= 4 is 11.9 Å². The predicted molar refractivity (Wildman–Crippen MR) is 70.9 cm³/mol. The van der Waals surface area contributed by atoms with Crippen LogP contribution in [0.15, 0.2) is 54.6 Å². The lowest BCUT2D eigenvalue weighted by molar-refractivity contribution is 0.104. The Morgan fingerprint density at radius 3 is 2.22 bits per heavy atom. The molecule has 90 valence electrons. The van der Waals surface area contributed by atoms with E-state index in [1.807, 2.05) is 19.1 Å². The van der Waals surface area contributed by atoms with Crippen LogP contribution in [0.2, 0.25) is 0 Å². The summed E-state index contributed by atoms with van der Waals surface area (Å²) in [4.78, 5) is 11.8. The van der Waals surface area contributed by atoms with Gasteiger partial charge in [-0.1, -0.05) is 48.0 Å². The van der Waals surface area contributed by atoms with Crippen molar-refractivity contribution in [2.75, 3.05) is 0 Å². The lowest BCUT2D eigenvalue weighted by atomic mass is 10.1. The largest absolute Gasteiger partial charge is 0.289 e. The van der Waals surface area contributed by atoms with Crippen molar-refractivity contribution in [2.45, 2.75) is 6.92 Å². The number of carbonyl (C=O) groups is 1. The summed E-state index contributed by atoms with van der Waals surface area (Å²) in [5.74, 6) is -0.337. The Kier molecular flexibility index (Phi) is 3.68. The predicted octanol–water partition coefficient (Wildman–Crippen LogP) is 4.03. The summed E-state index contributed by atoms with van der Waals surface area (Å²) in [6.45, 7) is 1.97. The van der Waals surface area contributed by atoms with Crippen LogP contribution in [0.5, 0.6) is 0 Å². The standard InChI is InChI=1S/C16H13FO/c1-12-2-7-14(8-3-12)16(18)11-6-13-4-9-15(17)10-5-13/h2-11H,1H3/b11-6+. The maximum absolute atomic E-state index is 12.7. The summed E-state index contributed by atoms with van der Waals surface area (Å²) in [5.41, 5.74) is 2.57. The molecule has 0 fully saturated rings. The van der Waals surface area contributed by atoms with Crippen molar-refractivity contribution in [3.05, 3.63) is 77.1 Å². The fourth-order valence-corrected chi connectivity index (χ4v) is 1.56. The van der Waals surface area contributed by atoms with E-state index in [0.717, 1.165) is 11.1 Å². The van der Waals surface area contributed by atoms with Gasteiger partial charge in [-0.15, -0.1) is 0 Å². The maximum atomic E-state index is 12.7. The van der Waals surface area contributed by atoms with Gasteiger partial charge >= 0.3 is 0 Å². The van der Waals surface area contributed by atoms with E-state index in [4.69, 9.17) is 0 Å². The summed E-state index contributed by atoms with van der Waals surface area (Å²) in [5, 5.41) is 0. The summed E-state index contributed by atoms with van der Waals surface area (Å²) in [7, 11) is 0. The average molecular weight is 240 g/mol. The van der Waals surface area contributed by atoms with Crippen LogP contribution in [0.4, 0.5) is 4.39 Å². The zero-order valence-electron chi connectivity index (χ0n) is 10.1. The van der Waals surface area contributed by atoms with Gasteiger partial charge in [-0.05, 0) is 30.7 Å². The van der Waals surface area contributed by atoms with Crippen LogP contribution in [0, 0.1) is 12.7 Å². The number of benzene rings is 2. The molecule has 0 heterocycles. The van der Waals surface area contributed by atoms with Crippen LogP contribution in [-0.4, -0.2) is 5.78 Å². The quantitative estimate of drug-likeness (QED) is 0.584. The Morgan fingerprint density at radius 2 is 1.61 bits per heavy atom. The first-order valence-corrected chi connectivity index (χ1v) is 5.70. The lowest BCUT2D eigenvalue weighted by Gasteiger charge is -1.97. The first-order chi connectivity index (χ1) is 8.65. The smallest absolute Gasteiger partial charge is 0.185 e. The van der Waals surface area contributed by atoms with E-state index in [2.05, 4.69) is 0 Å². The van der Waals surface area contributed by atoms with Crippen LogP contribution < -0.4 is 0 Å². The van der Waals surface area contributed by atoms with E-state index in [1.165, 1.54) is 18.2 Å². The topological polar surface area (TPSA) is 17.1 Å². The first-order valence-electron chi connectivity index (χ1n) is 5.70. The number of rotatable bonds is 3. The average Bonchev–Trinajstić information content (AvgIpc) is 2.38. The minimum atomic E-state index is -0.281. The highest BCUT2D eigenvalue weighted by Gasteiger charge is 2.00. The Balaban J connectivity index is 2.11. The number of carbonyl (C=O) groups excluding carboxylic acids is 1. The molecular weight excluding hydrogens is 227 g/mol. The highest BCUT2D eigenvalue weighted by atomic mass is 19.1. The Labute approximate surface area is 106 Å². The Morgan fingerprint density at radius 1 is 1.00 bits per heavy atom. The molecule has 2 rings (SSSR count). The number of hydrogen-bond acceptors (Lipinski definition) is 1. The second-order valence-electron chi connectivity index (χ2n) is 4.12. The molecule has 0 aliphatic carbocycles.